The van der Waals surface area contributed by atoms with Gasteiger partial charge in [-0.25, -0.2) is 0 Å². The van der Waals surface area contributed by atoms with E-state index < -0.39 is 5.54 Å². The predicted molar refractivity (Wildman–Crippen MR) is 91.5 cm³/mol. The number of rotatable bonds is 5. The molecule has 0 aromatic carbocycles. The van der Waals surface area contributed by atoms with Crippen molar-refractivity contribution in [3.8, 4) is 0 Å². The van der Waals surface area contributed by atoms with Crippen LogP contribution in [-0.2, 0) is 14.3 Å². The fourth-order valence-corrected chi connectivity index (χ4v) is 4.43. The van der Waals surface area contributed by atoms with Crippen molar-refractivity contribution in [3.05, 3.63) is 0 Å². The van der Waals surface area contributed by atoms with Gasteiger partial charge in [-0.15, -0.1) is 0 Å². The molecule has 24 heavy (non-hydrogen) atoms. The Hall–Kier alpha value is -1.14. The fraction of sp³-hybridized carbons (Fsp3) is 0.889. The molecule has 3 aliphatic rings. The molecule has 0 radical (unpaired) electrons. The normalized spacial score (nSPS) is 30.9. The van der Waals surface area contributed by atoms with Gasteiger partial charge in [0.1, 0.15) is 5.54 Å². The number of likely N-dealkylation sites (tertiary alicyclic amines) is 1. The first-order valence-corrected chi connectivity index (χ1v) is 9.35. The van der Waals surface area contributed by atoms with E-state index in [9.17, 15) is 9.59 Å². The van der Waals surface area contributed by atoms with E-state index >= 15 is 0 Å². The molecule has 1 aliphatic carbocycles. The molecule has 0 bridgehead atoms. The number of amides is 2. The Morgan fingerprint density at radius 2 is 1.88 bits per heavy atom. The first-order valence-electron chi connectivity index (χ1n) is 9.35. The molecule has 0 aromatic heterocycles. The molecule has 0 unspecified atom stereocenters. The SMILES string of the molecule is CC[C@@H]1CN(C(=O)[C@@](C)(NC(C)=O)C2CC2)C[C@H]1N1CCOCC1. The van der Waals surface area contributed by atoms with Crippen LogP contribution in [0.25, 0.3) is 0 Å². The van der Waals surface area contributed by atoms with Gasteiger partial charge in [-0.3, -0.25) is 14.5 Å². The first kappa shape index (κ1) is 17.7. The van der Waals surface area contributed by atoms with Crippen LogP contribution in [-0.4, -0.2) is 72.6 Å². The number of hydrogen-bond acceptors (Lipinski definition) is 4. The van der Waals surface area contributed by atoms with Crippen LogP contribution in [0, 0.1) is 11.8 Å². The third-order valence-corrected chi connectivity index (χ3v) is 6.01. The standard InChI is InChI=1S/C18H31N3O3/c1-4-14-11-21(12-16(14)20-7-9-24-10-8-20)17(23)18(3,15-5-6-15)19-13(2)22/h14-16H,4-12H2,1-3H3,(H,19,22)/t14-,16-,18+/m1/s1. The van der Waals surface area contributed by atoms with Crippen molar-refractivity contribution in [1.82, 2.24) is 15.1 Å². The minimum absolute atomic E-state index is 0.106. The quantitative estimate of drug-likeness (QED) is 0.808. The number of nitrogens with zero attached hydrogens (tertiary/aromatic N) is 2. The van der Waals surface area contributed by atoms with Crippen molar-refractivity contribution in [2.75, 3.05) is 39.4 Å². The highest BCUT2D eigenvalue weighted by molar-refractivity contribution is 5.91. The lowest BCUT2D eigenvalue weighted by Crippen LogP contribution is -2.59. The van der Waals surface area contributed by atoms with Gasteiger partial charge in [0.2, 0.25) is 11.8 Å². The Balaban J connectivity index is 1.71. The van der Waals surface area contributed by atoms with Crippen LogP contribution in [0.2, 0.25) is 0 Å². The Morgan fingerprint density at radius 1 is 1.21 bits per heavy atom. The van der Waals surface area contributed by atoms with Gasteiger partial charge in [-0.1, -0.05) is 13.3 Å². The van der Waals surface area contributed by atoms with Gasteiger partial charge in [0, 0.05) is 39.1 Å². The van der Waals surface area contributed by atoms with Gasteiger partial charge in [-0.05, 0) is 31.6 Å². The smallest absolute Gasteiger partial charge is 0.248 e. The molecule has 2 amide bonds. The zero-order valence-electron chi connectivity index (χ0n) is 15.2. The van der Waals surface area contributed by atoms with Crippen LogP contribution in [0.3, 0.4) is 0 Å². The number of nitrogens with one attached hydrogen (secondary N) is 1. The van der Waals surface area contributed by atoms with E-state index in [1.807, 2.05) is 11.8 Å². The Bertz CT molecular complexity index is 488. The van der Waals surface area contributed by atoms with Gasteiger partial charge < -0.3 is 15.0 Å². The number of hydrogen-bond donors (Lipinski definition) is 1. The Kier molecular flexibility index (Phi) is 5.16. The zero-order chi connectivity index (χ0) is 17.3. The van der Waals surface area contributed by atoms with Crippen molar-refractivity contribution in [2.45, 2.75) is 51.6 Å². The van der Waals surface area contributed by atoms with Crippen LogP contribution in [0.4, 0.5) is 0 Å². The molecular weight excluding hydrogens is 306 g/mol. The lowest BCUT2D eigenvalue weighted by Gasteiger charge is -2.35. The second-order valence-electron chi connectivity index (χ2n) is 7.75. The third-order valence-electron chi connectivity index (χ3n) is 6.01. The molecule has 6 heteroatoms. The highest BCUT2D eigenvalue weighted by atomic mass is 16.5. The van der Waals surface area contributed by atoms with E-state index in [1.54, 1.807) is 0 Å². The maximum absolute atomic E-state index is 13.2. The monoisotopic (exact) mass is 337 g/mol. The molecule has 0 aromatic rings. The lowest BCUT2D eigenvalue weighted by molar-refractivity contribution is -0.141. The molecule has 2 saturated heterocycles. The highest BCUT2D eigenvalue weighted by Crippen LogP contribution is 2.41. The minimum Gasteiger partial charge on any atom is -0.379 e. The summed E-state index contributed by atoms with van der Waals surface area (Å²) in [6.45, 7) is 10.7. The lowest BCUT2D eigenvalue weighted by atomic mass is 9.93. The summed E-state index contributed by atoms with van der Waals surface area (Å²) < 4.78 is 5.47. The van der Waals surface area contributed by atoms with Crippen molar-refractivity contribution in [1.29, 1.82) is 0 Å². The van der Waals surface area contributed by atoms with Gasteiger partial charge in [0.15, 0.2) is 0 Å². The van der Waals surface area contributed by atoms with Crippen LogP contribution in [0.1, 0.15) is 40.0 Å². The van der Waals surface area contributed by atoms with Gasteiger partial charge in [0.25, 0.3) is 0 Å². The molecule has 3 atom stereocenters. The summed E-state index contributed by atoms with van der Waals surface area (Å²) in [6, 6.07) is 0.420. The fourth-order valence-electron chi connectivity index (χ4n) is 4.43. The molecular formula is C18H31N3O3. The van der Waals surface area contributed by atoms with Gasteiger partial charge in [0.05, 0.1) is 13.2 Å². The molecule has 136 valence electrons. The Labute approximate surface area is 144 Å². The summed E-state index contributed by atoms with van der Waals surface area (Å²) in [6.07, 6.45) is 3.13. The van der Waals surface area contributed by atoms with E-state index in [-0.39, 0.29) is 17.7 Å². The average molecular weight is 337 g/mol. The minimum atomic E-state index is -0.732. The van der Waals surface area contributed by atoms with Crippen LogP contribution in [0.15, 0.2) is 0 Å². The van der Waals surface area contributed by atoms with E-state index in [0.29, 0.717) is 12.0 Å². The Morgan fingerprint density at radius 3 is 2.42 bits per heavy atom. The van der Waals surface area contributed by atoms with Crippen molar-refractivity contribution < 1.29 is 14.3 Å². The van der Waals surface area contributed by atoms with Gasteiger partial charge >= 0.3 is 0 Å². The zero-order valence-corrected chi connectivity index (χ0v) is 15.2. The summed E-state index contributed by atoms with van der Waals surface area (Å²) in [7, 11) is 0. The number of ether oxygens (including phenoxy) is 1. The van der Waals surface area contributed by atoms with Crippen LogP contribution in [0.5, 0.6) is 0 Å². The number of morpholine rings is 1. The van der Waals surface area contributed by atoms with E-state index in [1.165, 1.54) is 6.92 Å². The average Bonchev–Trinajstić information content (AvgIpc) is 3.34. The number of carbonyl (C=O) groups excluding carboxylic acids is 2. The van der Waals surface area contributed by atoms with Crippen molar-refractivity contribution in [2.24, 2.45) is 11.8 Å². The largest absolute Gasteiger partial charge is 0.379 e. The maximum atomic E-state index is 13.2. The van der Waals surface area contributed by atoms with Crippen LogP contribution < -0.4 is 5.32 Å². The molecule has 6 nitrogen and oxygen atoms in total. The maximum Gasteiger partial charge on any atom is 0.248 e. The number of carbonyl (C=O) groups is 2. The molecule has 3 rings (SSSR count). The second kappa shape index (κ2) is 7.00. The molecule has 0 spiro atoms. The van der Waals surface area contributed by atoms with Crippen LogP contribution >= 0.6 is 0 Å². The summed E-state index contributed by atoms with van der Waals surface area (Å²) in [4.78, 5) is 29.4. The summed E-state index contributed by atoms with van der Waals surface area (Å²) in [5.41, 5.74) is -0.732. The van der Waals surface area contributed by atoms with Gasteiger partial charge in [-0.2, -0.15) is 0 Å². The van der Waals surface area contributed by atoms with E-state index in [2.05, 4.69) is 17.1 Å². The first-order chi connectivity index (χ1) is 11.5. The summed E-state index contributed by atoms with van der Waals surface area (Å²) in [5.74, 6) is 0.785. The molecule has 1 N–H and O–H groups in total. The molecule has 1 saturated carbocycles. The topological polar surface area (TPSA) is 61.9 Å². The second-order valence-corrected chi connectivity index (χ2v) is 7.75. The van der Waals surface area contributed by atoms with Crippen molar-refractivity contribution in [3.63, 3.8) is 0 Å². The summed E-state index contributed by atoms with van der Waals surface area (Å²) in [5, 5.41) is 2.96. The van der Waals surface area contributed by atoms with E-state index in [4.69, 9.17) is 4.74 Å². The summed E-state index contributed by atoms with van der Waals surface area (Å²) >= 11 is 0. The van der Waals surface area contributed by atoms with Crippen molar-refractivity contribution >= 4 is 11.8 Å². The molecule has 2 heterocycles. The highest BCUT2D eigenvalue weighted by Gasteiger charge is 2.51. The van der Waals surface area contributed by atoms with E-state index in [0.717, 1.165) is 58.7 Å². The predicted octanol–water partition coefficient (Wildman–Crippen LogP) is 0.860. The third kappa shape index (κ3) is 3.45. The molecule has 3 fully saturated rings. The molecule has 2 aliphatic heterocycles.